The van der Waals surface area contributed by atoms with Crippen LogP contribution in [0.5, 0.6) is 5.75 Å². The van der Waals surface area contributed by atoms with Crippen LogP contribution in [0.15, 0.2) is 48.5 Å². The molecule has 0 unspecified atom stereocenters. The number of carbonyl (C=O) groups is 3. The summed E-state index contributed by atoms with van der Waals surface area (Å²) in [7, 11) is 1.51. The maximum Gasteiger partial charge on any atom is 0.339 e. The molecule has 0 aliphatic carbocycles. The summed E-state index contributed by atoms with van der Waals surface area (Å²) in [5, 5.41) is 0.550. The van der Waals surface area contributed by atoms with Crippen molar-refractivity contribution < 1.29 is 19.1 Å². The Morgan fingerprint density at radius 2 is 1.54 bits per heavy atom. The fourth-order valence-electron chi connectivity index (χ4n) is 2.38. The van der Waals surface area contributed by atoms with E-state index in [-0.39, 0.29) is 6.54 Å². The molecule has 3 rings (SSSR count). The second-order valence-electron chi connectivity index (χ2n) is 5.14. The number of anilines is 1. The zero-order chi connectivity index (χ0) is 17.3. The predicted octanol–water partition coefficient (Wildman–Crippen LogP) is 2.84. The van der Waals surface area contributed by atoms with Crippen LogP contribution >= 0.6 is 11.6 Å². The highest BCUT2D eigenvalue weighted by atomic mass is 35.5. The van der Waals surface area contributed by atoms with E-state index in [4.69, 9.17) is 16.3 Å². The zero-order valence-corrected chi connectivity index (χ0v) is 13.5. The number of carbonyl (C=O) groups excluding carboxylic acids is 3. The molecule has 0 spiro atoms. The van der Waals surface area contributed by atoms with E-state index in [1.807, 2.05) is 0 Å². The number of methoxy groups -OCH3 is 1. The summed E-state index contributed by atoms with van der Waals surface area (Å²) in [6.07, 6.45) is 0. The van der Waals surface area contributed by atoms with Gasteiger partial charge in [-0.05, 0) is 42.0 Å². The van der Waals surface area contributed by atoms with E-state index in [2.05, 4.69) is 0 Å². The predicted molar refractivity (Wildman–Crippen MR) is 87.9 cm³/mol. The Kier molecular flexibility index (Phi) is 4.22. The molecule has 2 aromatic rings. The lowest BCUT2D eigenvalue weighted by Crippen LogP contribution is -2.33. The minimum absolute atomic E-state index is 0.00717. The van der Waals surface area contributed by atoms with Crippen LogP contribution in [0.25, 0.3) is 0 Å². The van der Waals surface area contributed by atoms with Crippen LogP contribution in [0.3, 0.4) is 0 Å². The van der Waals surface area contributed by atoms with E-state index in [0.717, 1.165) is 9.80 Å². The van der Waals surface area contributed by atoms with Crippen LogP contribution < -0.4 is 9.64 Å². The number of urea groups is 1. The largest absolute Gasteiger partial charge is 0.497 e. The third kappa shape index (κ3) is 2.83. The first-order chi connectivity index (χ1) is 11.5. The minimum Gasteiger partial charge on any atom is -0.497 e. The van der Waals surface area contributed by atoms with Crippen LogP contribution in [0.2, 0.25) is 5.02 Å². The van der Waals surface area contributed by atoms with Gasteiger partial charge >= 0.3 is 17.8 Å². The number of nitrogens with zero attached hydrogens (tertiary/aromatic N) is 2. The molecular weight excluding hydrogens is 332 g/mol. The highest BCUT2D eigenvalue weighted by molar-refractivity contribution is 6.52. The van der Waals surface area contributed by atoms with Gasteiger partial charge in [0.1, 0.15) is 5.75 Å². The molecule has 0 N–H and O–H groups in total. The Hall–Kier alpha value is -2.86. The highest BCUT2D eigenvalue weighted by Gasteiger charge is 2.45. The van der Waals surface area contributed by atoms with Crippen LogP contribution in [-0.2, 0) is 16.1 Å². The van der Waals surface area contributed by atoms with Gasteiger partial charge in [0.2, 0.25) is 0 Å². The molecule has 0 bridgehead atoms. The summed E-state index contributed by atoms with van der Waals surface area (Å²) in [5.41, 5.74) is 1.02. The van der Waals surface area contributed by atoms with Gasteiger partial charge in [-0.25, -0.2) is 9.69 Å². The summed E-state index contributed by atoms with van der Waals surface area (Å²) in [5.74, 6) is -1.15. The van der Waals surface area contributed by atoms with Gasteiger partial charge in [0.15, 0.2) is 0 Å². The smallest absolute Gasteiger partial charge is 0.339 e. The number of benzene rings is 2. The topological polar surface area (TPSA) is 66.9 Å². The lowest BCUT2D eigenvalue weighted by atomic mass is 10.2. The molecule has 0 saturated carbocycles. The van der Waals surface area contributed by atoms with Crippen molar-refractivity contribution in [3.63, 3.8) is 0 Å². The first-order valence-electron chi connectivity index (χ1n) is 7.09. The first-order valence-corrected chi connectivity index (χ1v) is 7.47. The molecule has 1 aliphatic rings. The highest BCUT2D eigenvalue weighted by Crippen LogP contribution is 2.25. The quantitative estimate of drug-likeness (QED) is 0.632. The number of ether oxygens (including phenoxy) is 1. The van der Waals surface area contributed by atoms with Gasteiger partial charge in [-0.3, -0.25) is 14.5 Å². The minimum atomic E-state index is -0.876. The Morgan fingerprint density at radius 1 is 0.917 bits per heavy atom. The van der Waals surface area contributed by atoms with E-state index in [9.17, 15) is 14.4 Å². The SMILES string of the molecule is COc1ccc(N2C(=O)C(=O)N(Cc3ccc(Cl)cc3)C2=O)cc1. The van der Waals surface area contributed by atoms with Crippen LogP contribution in [0.4, 0.5) is 10.5 Å². The first kappa shape index (κ1) is 16.0. The molecular formula is C17H13ClN2O4. The van der Waals surface area contributed by atoms with E-state index in [0.29, 0.717) is 22.0 Å². The maximum absolute atomic E-state index is 12.5. The monoisotopic (exact) mass is 344 g/mol. The van der Waals surface area contributed by atoms with Crippen molar-refractivity contribution in [1.82, 2.24) is 4.90 Å². The fraction of sp³-hybridized carbons (Fsp3) is 0.118. The van der Waals surface area contributed by atoms with E-state index in [1.54, 1.807) is 48.5 Å². The zero-order valence-electron chi connectivity index (χ0n) is 12.7. The Bertz CT molecular complexity index is 802. The molecule has 7 heteroatoms. The third-order valence-electron chi connectivity index (χ3n) is 3.64. The van der Waals surface area contributed by atoms with Gasteiger partial charge < -0.3 is 4.74 Å². The molecule has 0 radical (unpaired) electrons. The molecule has 1 fully saturated rings. The standard InChI is InChI=1S/C17H13ClN2O4/c1-24-14-8-6-13(7-9-14)20-16(22)15(21)19(17(20)23)10-11-2-4-12(18)5-3-11/h2-9H,10H2,1H3. The molecule has 6 nitrogen and oxygen atoms in total. The fourth-order valence-corrected chi connectivity index (χ4v) is 2.50. The number of rotatable bonds is 4. The summed E-state index contributed by atoms with van der Waals surface area (Å²) in [6, 6.07) is 12.4. The lowest BCUT2D eigenvalue weighted by Gasteiger charge is -2.16. The Morgan fingerprint density at radius 3 is 2.12 bits per heavy atom. The molecule has 122 valence electrons. The molecule has 2 aromatic carbocycles. The second kappa shape index (κ2) is 6.33. The van der Waals surface area contributed by atoms with Crippen molar-refractivity contribution in [2.75, 3.05) is 12.0 Å². The normalized spacial score (nSPS) is 14.5. The Labute approximate surface area is 143 Å². The summed E-state index contributed by atoms with van der Waals surface area (Å²) in [4.78, 5) is 38.6. The van der Waals surface area contributed by atoms with Gasteiger partial charge in [0.25, 0.3) is 0 Å². The van der Waals surface area contributed by atoms with E-state index >= 15 is 0 Å². The molecule has 1 aliphatic heterocycles. The third-order valence-corrected chi connectivity index (χ3v) is 3.89. The van der Waals surface area contributed by atoms with Crippen molar-refractivity contribution >= 4 is 35.1 Å². The molecule has 0 atom stereocenters. The van der Waals surface area contributed by atoms with Crippen molar-refractivity contribution in [2.24, 2.45) is 0 Å². The summed E-state index contributed by atoms with van der Waals surface area (Å²) >= 11 is 5.82. The van der Waals surface area contributed by atoms with Crippen LogP contribution in [-0.4, -0.2) is 29.9 Å². The number of hydrogen-bond acceptors (Lipinski definition) is 4. The molecule has 1 heterocycles. The molecule has 24 heavy (non-hydrogen) atoms. The molecule has 4 amide bonds. The lowest BCUT2D eigenvalue weighted by molar-refractivity contribution is -0.139. The summed E-state index contributed by atoms with van der Waals surface area (Å²) < 4.78 is 5.04. The van der Waals surface area contributed by atoms with Crippen LogP contribution in [0.1, 0.15) is 5.56 Å². The van der Waals surface area contributed by atoms with Crippen molar-refractivity contribution in [2.45, 2.75) is 6.54 Å². The Balaban J connectivity index is 1.85. The average Bonchev–Trinajstić information content (AvgIpc) is 2.80. The van der Waals surface area contributed by atoms with Crippen LogP contribution in [0, 0.1) is 0 Å². The number of imide groups is 2. The van der Waals surface area contributed by atoms with Crippen molar-refractivity contribution in [1.29, 1.82) is 0 Å². The molecule has 1 saturated heterocycles. The van der Waals surface area contributed by atoms with Gasteiger partial charge in [-0.2, -0.15) is 0 Å². The van der Waals surface area contributed by atoms with Gasteiger partial charge in [-0.15, -0.1) is 0 Å². The van der Waals surface area contributed by atoms with E-state index in [1.165, 1.54) is 7.11 Å². The van der Waals surface area contributed by atoms with Crippen molar-refractivity contribution in [3.8, 4) is 5.75 Å². The second-order valence-corrected chi connectivity index (χ2v) is 5.58. The van der Waals surface area contributed by atoms with Gasteiger partial charge in [0.05, 0.1) is 19.3 Å². The summed E-state index contributed by atoms with van der Waals surface area (Å²) in [6.45, 7) is 0.00717. The average molecular weight is 345 g/mol. The number of halogens is 1. The van der Waals surface area contributed by atoms with Crippen molar-refractivity contribution in [3.05, 3.63) is 59.1 Å². The van der Waals surface area contributed by atoms with Gasteiger partial charge in [0, 0.05) is 5.02 Å². The maximum atomic E-state index is 12.5. The molecule has 0 aromatic heterocycles. The number of amides is 4. The van der Waals surface area contributed by atoms with Gasteiger partial charge in [-0.1, -0.05) is 23.7 Å². The number of hydrogen-bond donors (Lipinski definition) is 0. The van der Waals surface area contributed by atoms with E-state index < -0.39 is 17.8 Å².